The molecule has 1 fully saturated rings. The Labute approximate surface area is 127 Å². The van der Waals surface area contributed by atoms with Gasteiger partial charge in [0.2, 0.25) is 0 Å². The molecule has 4 nitrogen and oxygen atoms in total. The zero-order valence-electron chi connectivity index (χ0n) is 11.0. The lowest BCUT2D eigenvalue weighted by Gasteiger charge is -2.17. The predicted octanol–water partition coefficient (Wildman–Crippen LogP) is 3.06. The Hall–Kier alpha value is -1.26. The third-order valence-electron chi connectivity index (χ3n) is 3.32. The zero-order chi connectivity index (χ0) is 14.7. The van der Waals surface area contributed by atoms with Gasteiger partial charge < -0.3 is 10.1 Å². The number of carbonyl (C=O) groups is 2. The summed E-state index contributed by atoms with van der Waals surface area (Å²) >= 11 is 11.9. The van der Waals surface area contributed by atoms with Crippen molar-refractivity contribution >= 4 is 35.1 Å². The molecular formula is C14H15Cl2NO3. The molecule has 1 amide bonds. The van der Waals surface area contributed by atoms with Gasteiger partial charge in [0.15, 0.2) is 0 Å². The minimum Gasteiger partial charge on any atom is -0.469 e. The second kappa shape index (κ2) is 6.46. The van der Waals surface area contributed by atoms with Gasteiger partial charge in [-0.2, -0.15) is 0 Å². The molecular weight excluding hydrogens is 301 g/mol. The van der Waals surface area contributed by atoms with Gasteiger partial charge in [-0.15, -0.1) is 0 Å². The Morgan fingerprint density at radius 1 is 1.40 bits per heavy atom. The second-order valence-electron chi connectivity index (χ2n) is 4.80. The van der Waals surface area contributed by atoms with Crippen molar-refractivity contribution in [2.45, 2.75) is 25.3 Å². The first kappa shape index (κ1) is 15.1. The Balaban J connectivity index is 2.08. The summed E-state index contributed by atoms with van der Waals surface area (Å²) in [5.41, 5.74) is 0.315. The van der Waals surface area contributed by atoms with Crippen LogP contribution in [0.15, 0.2) is 18.2 Å². The Bertz CT molecular complexity index is 529. The van der Waals surface area contributed by atoms with E-state index in [1.807, 2.05) is 0 Å². The lowest BCUT2D eigenvalue weighted by atomic mass is 10.1. The number of halogens is 2. The van der Waals surface area contributed by atoms with E-state index in [2.05, 4.69) is 10.1 Å². The zero-order valence-corrected chi connectivity index (χ0v) is 12.5. The summed E-state index contributed by atoms with van der Waals surface area (Å²) in [6.07, 6.45) is 2.18. The maximum Gasteiger partial charge on any atom is 0.307 e. The number of hydrogen-bond donors (Lipinski definition) is 1. The van der Waals surface area contributed by atoms with Crippen molar-refractivity contribution in [3.8, 4) is 0 Å². The van der Waals surface area contributed by atoms with Gasteiger partial charge in [-0.3, -0.25) is 9.59 Å². The topological polar surface area (TPSA) is 55.4 Å². The van der Waals surface area contributed by atoms with Crippen LogP contribution in [0.25, 0.3) is 0 Å². The molecule has 108 valence electrons. The summed E-state index contributed by atoms with van der Waals surface area (Å²) < 4.78 is 4.65. The fourth-order valence-electron chi connectivity index (χ4n) is 2.02. The molecule has 2 rings (SSSR count). The SMILES string of the molecule is COC(=O)C[C@@H](NC(=O)c1cccc(Cl)c1Cl)C1CC1. The maximum absolute atomic E-state index is 12.2. The van der Waals surface area contributed by atoms with Crippen LogP contribution in [0.3, 0.4) is 0 Å². The molecule has 1 atom stereocenters. The standard InChI is InChI=1S/C14H15Cl2NO3/c1-20-12(18)7-11(8-5-6-8)17-14(19)9-3-2-4-10(15)13(9)16/h2-4,8,11H,5-7H2,1H3,(H,17,19)/t11-/m1/s1. The van der Waals surface area contributed by atoms with Gasteiger partial charge >= 0.3 is 5.97 Å². The smallest absolute Gasteiger partial charge is 0.307 e. The van der Waals surface area contributed by atoms with Gasteiger partial charge in [0.25, 0.3) is 5.91 Å². The number of esters is 1. The number of hydrogen-bond acceptors (Lipinski definition) is 3. The average molecular weight is 316 g/mol. The number of rotatable bonds is 5. The lowest BCUT2D eigenvalue weighted by Crippen LogP contribution is -2.38. The molecule has 0 unspecified atom stereocenters. The highest BCUT2D eigenvalue weighted by atomic mass is 35.5. The molecule has 6 heteroatoms. The van der Waals surface area contributed by atoms with Crippen LogP contribution in [0.5, 0.6) is 0 Å². The van der Waals surface area contributed by atoms with E-state index in [0.717, 1.165) is 12.8 Å². The molecule has 20 heavy (non-hydrogen) atoms. The first-order chi connectivity index (χ1) is 9.52. The van der Waals surface area contributed by atoms with Crippen molar-refractivity contribution in [3.63, 3.8) is 0 Å². The summed E-state index contributed by atoms with van der Waals surface area (Å²) in [5.74, 6) is -0.325. The lowest BCUT2D eigenvalue weighted by molar-refractivity contribution is -0.141. The van der Waals surface area contributed by atoms with Crippen molar-refractivity contribution in [1.29, 1.82) is 0 Å². The quantitative estimate of drug-likeness (QED) is 0.850. The normalized spacial score (nSPS) is 15.6. The van der Waals surface area contributed by atoms with Gasteiger partial charge in [0, 0.05) is 6.04 Å². The van der Waals surface area contributed by atoms with E-state index in [9.17, 15) is 9.59 Å². The summed E-state index contributed by atoms with van der Waals surface area (Å²) in [4.78, 5) is 23.6. The Kier molecular flexibility index (Phi) is 4.89. The third-order valence-corrected chi connectivity index (χ3v) is 4.14. The molecule has 1 aromatic carbocycles. The fraction of sp³-hybridized carbons (Fsp3) is 0.429. The molecule has 0 spiro atoms. The molecule has 1 aliphatic carbocycles. The summed E-state index contributed by atoms with van der Waals surface area (Å²) in [7, 11) is 1.34. The second-order valence-corrected chi connectivity index (χ2v) is 5.58. The van der Waals surface area contributed by atoms with Gasteiger partial charge in [0.1, 0.15) is 0 Å². The van der Waals surface area contributed by atoms with Crippen molar-refractivity contribution in [2.75, 3.05) is 7.11 Å². The van der Waals surface area contributed by atoms with Crippen LogP contribution in [-0.2, 0) is 9.53 Å². The van der Waals surface area contributed by atoms with Gasteiger partial charge in [-0.25, -0.2) is 0 Å². The molecule has 0 saturated heterocycles. The Morgan fingerprint density at radius 2 is 2.10 bits per heavy atom. The van der Waals surface area contributed by atoms with Crippen LogP contribution in [0.4, 0.5) is 0 Å². The molecule has 0 aliphatic heterocycles. The van der Waals surface area contributed by atoms with E-state index in [1.165, 1.54) is 7.11 Å². The monoisotopic (exact) mass is 315 g/mol. The van der Waals surface area contributed by atoms with Crippen LogP contribution < -0.4 is 5.32 Å². The highest BCUT2D eigenvalue weighted by Gasteiger charge is 2.34. The van der Waals surface area contributed by atoms with Crippen LogP contribution in [-0.4, -0.2) is 25.0 Å². The number of benzene rings is 1. The molecule has 0 aromatic heterocycles. The van der Waals surface area contributed by atoms with E-state index < -0.39 is 0 Å². The van der Waals surface area contributed by atoms with Crippen LogP contribution in [0.2, 0.25) is 10.0 Å². The molecule has 1 aromatic rings. The Morgan fingerprint density at radius 3 is 2.70 bits per heavy atom. The average Bonchev–Trinajstić information content (AvgIpc) is 3.25. The first-order valence-corrected chi connectivity index (χ1v) is 7.10. The number of amides is 1. The van der Waals surface area contributed by atoms with Crippen molar-refractivity contribution in [2.24, 2.45) is 5.92 Å². The molecule has 1 aliphatic rings. The van der Waals surface area contributed by atoms with E-state index >= 15 is 0 Å². The summed E-state index contributed by atoms with van der Waals surface area (Å²) in [6, 6.07) is 4.67. The predicted molar refractivity (Wildman–Crippen MR) is 77.1 cm³/mol. The highest BCUT2D eigenvalue weighted by Crippen LogP contribution is 2.34. The maximum atomic E-state index is 12.2. The van der Waals surface area contributed by atoms with Gasteiger partial charge in [0.05, 0.1) is 29.1 Å². The number of ether oxygens (including phenoxy) is 1. The van der Waals surface area contributed by atoms with Crippen molar-refractivity contribution in [1.82, 2.24) is 5.32 Å². The number of carbonyl (C=O) groups excluding carboxylic acids is 2. The minimum absolute atomic E-state index is 0.172. The fourth-order valence-corrected chi connectivity index (χ4v) is 2.41. The third kappa shape index (κ3) is 3.64. The van der Waals surface area contributed by atoms with Crippen LogP contribution in [0.1, 0.15) is 29.6 Å². The summed E-state index contributed by atoms with van der Waals surface area (Å²) in [5, 5.41) is 3.40. The van der Waals surface area contributed by atoms with Gasteiger partial charge in [-0.1, -0.05) is 29.3 Å². The molecule has 0 heterocycles. The number of methoxy groups -OCH3 is 1. The van der Waals surface area contributed by atoms with E-state index in [1.54, 1.807) is 18.2 Å². The molecule has 1 saturated carbocycles. The number of nitrogens with one attached hydrogen (secondary N) is 1. The first-order valence-electron chi connectivity index (χ1n) is 6.34. The van der Waals surface area contributed by atoms with E-state index in [-0.39, 0.29) is 29.4 Å². The molecule has 0 bridgehead atoms. The van der Waals surface area contributed by atoms with E-state index in [4.69, 9.17) is 23.2 Å². The minimum atomic E-state index is -0.334. The van der Waals surface area contributed by atoms with Crippen LogP contribution >= 0.6 is 23.2 Å². The molecule has 0 radical (unpaired) electrons. The van der Waals surface area contributed by atoms with Crippen molar-refractivity contribution < 1.29 is 14.3 Å². The van der Waals surface area contributed by atoms with E-state index in [0.29, 0.717) is 16.5 Å². The molecule has 1 N–H and O–H groups in total. The van der Waals surface area contributed by atoms with Gasteiger partial charge in [-0.05, 0) is 30.9 Å². The highest BCUT2D eigenvalue weighted by molar-refractivity contribution is 6.43. The van der Waals surface area contributed by atoms with Crippen LogP contribution in [0, 0.1) is 5.92 Å². The van der Waals surface area contributed by atoms with Crippen molar-refractivity contribution in [3.05, 3.63) is 33.8 Å². The summed E-state index contributed by atoms with van der Waals surface area (Å²) in [6.45, 7) is 0. The largest absolute Gasteiger partial charge is 0.469 e.